The molecule has 2 N–H and O–H groups in total. The standard InChI is InChI=1S/C31H42FN3O/c1-31(2,3)15-17-35(4)16-7-9-25(22-13-18-36-19-14-22)27-21-24-20-23(11-12-29(24)34-30(27)33)26-8-5-6-10-28(26)32/h5-6,8,10-12,20-22,25H,7,9,13-19H2,1-4H3,(H2,33,34). The van der Waals surface area contributed by atoms with Crippen molar-refractivity contribution in [2.75, 3.05) is 39.1 Å². The summed E-state index contributed by atoms with van der Waals surface area (Å²) < 4.78 is 20.1. The van der Waals surface area contributed by atoms with Gasteiger partial charge in [-0.05, 0) is 105 Å². The van der Waals surface area contributed by atoms with Gasteiger partial charge in [-0.2, -0.15) is 0 Å². The summed E-state index contributed by atoms with van der Waals surface area (Å²) >= 11 is 0. The number of nitrogen functional groups attached to an aromatic ring is 1. The highest BCUT2D eigenvalue weighted by Crippen LogP contribution is 2.39. The molecule has 0 aliphatic carbocycles. The van der Waals surface area contributed by atoms with Gasteiger partial charge in [-0.15, -0.1) is 0 Å². The smallest absolute Gasteiger partial charge is 0.131 e. The highest BCUT2D eigenvalue weighted by Gasteiger charge is 2.28. The van der Waals surface area contributed by atoms with Gasteiger partial charge in [0.25, 0.3) is 0 Å². The van der Waals surface area contributed by atoms with E-state index in [2.05, 4.69) is 38.8 Å². The molecule has 0 bridgehead atoms. The monoisotopic (exact) mass is 491 g/mol. The van der Waals surface area contributed by atoms with Crippen molar-refractivity contribution in [3.05, 3.63) is 59.9 Å². The second-order valence-corrected chi connectivity index (χ2v) is 11.7. The molecule has 3 aromatic rings. The first kappa shape index (κ1) is 26.6. The second-order valence-electron chi connectivity index (χ2n) is 11.7. The van der Waals surface area contributed by atoms with Crippen molar-refractivity contribution >= 4 is 16.7 Å². The van der Waals surface area contributed by atoms with Crippen LogP contribution in [0.2, 0.25) is 0 Å². The van der Waals surface area contributed by atoms with Crippen LogP contribution in [0.25, 0.3) is 22.0 Å². The van der Waals surface area contributed by atoms with Gasteiger partial charge >= 0.3 is 0 Å². The Labute approximate surface area is 216 Å². The first-order chi connectivity index (χ1) is 17.2. The summed E-state index contributed by atoms with van der Waals surface area (Å²) in [4.78, 5) is 7.24. The molecule has 1 aliphatic rings. The number of aromatic nitrogens is 1. The van der Waals surface area contributed by atoms with Crippen LogP contribution in [0.3, 0.4) is 0 Å². The molecule has 1 atom stereocenters. The number of halogens is 1. The van der Waals surface area contributed by atoms with Crippen molar-refractivity contribution in [3.8, 4) is 11.1 Å². The molecule has 1 unspecified atom stereocenters. The van der Waals surface area contributed by atoms with Crippen LogP contribution in [-0.2, 0) is 4.74 Å². The molecule has 0 saturated carbocycles. The van der Waals surface area contributed by atoms with E-state index in [1.54, 1.807) is 6.07 Å². The average molecular weight is 492 g/mol. The third kappa shape index (κ3) is 6.83. The van der Waals surface area contributed by atoms with Crippen LogP contribution < -0.4 is 5.73 Å². The molecule has 1 aromatic heterocycles. The van der Waals surface area contributed by atoms with Gasteiger partial charge < -0.3 is 15.4 Å². The van der Waals surface area contributed by atoms with Gasteiger partial charge in [-0.3, -0.25) is 0 Å². The topological polar surface area (TPSA) is 51.4 Å². The molecule has 1 fully saturated rings. The molecular weight excluding hydrogens is 449 g/mol. The van der Waals surface area contributed by atoms with E-state index in [0.717, 1.165) is 74.0 Å². The Morgan fingerprint density at radius 2 is 1.83 bits per heavy atom. The Morgan fingerprint density at radius 1 is 1.08 bits per heavy atom. The van der Waals surface area contributed by atoms with Crippen molar-refractivity contribution in [2.24, 2.45) is 11.3 Å². The number of pyridine rings is 1. The van der Waals surface area contributed by atoms with Crippen molar-refractivity contribution in [1.29, 1.82) is 0 Å². The fourth-order valence-corrected chi connectivity index (χ4v) is 5.35. The van der Waals surface area contributed by atoms with Gasteiger partial charge in [0.2, 0.25) is 0 Å². The summed E-state index contributed by atoms with van der Waals surface area (Å²) in [5, 5.41) is 1.01. The molecule has 0 spiro atoms. The van der Waals surface area contributed by atoms with Crippen LogP contribution in [0.5, 0.6) is 0 Å². The molecule has 2 heterocycles. The quantitative estimate of drug-likeness (QED) is 0.342. The maximum absolute atomic E-state index is 14.5. The molecule has 0 amide bonds. The lowest BCUT2D eigenvalue weighted by Crippen LogP contribution is -2.26. The minimum atomic E-state index is -0.212. The fourth-order valence-electron chi connectivity index (χ4n) is 5.35. The number of nitrogens with two attached hydrogens (primary N) is 1. The van der Waals surface area contributed by atoms with E-state index in [-0.39, 0.29) is 5.82 Å². The zero-order valence-electron chi connectivity index (χ0n) is 22.4. The third-order valence-electron chi connectivity index (χ3n) is 7.59. The minimum Gasteiger partial charge on any atom is -0.383 e. The molecule has 0 radical (unpaired) electrons. The van der Waals surface area contributed by atoms with E-state index in [9.17, 15) is 4.39 Å². The van der Waals surface area contributed by atoms with Gasteiger partial charge in [0.1, 0.15) is 11.6 Å². The van der Waals surface area contributed by atoms with Gasteiger partial charge in [-0.1, -0.05) is 45.0 Å². The highest BCUT2D eigenvalue weighted by molar-refractivity contribution is 5.86. The van der Waals surface area contributed by atoms with Gasteiger partial charge in [0, 0.05) is 24.2 Å². The van der Waals surface area contributed by atoms with Gasteiger partial charge in [-0.25, -0.2) is 9.37 Å². The highest BCUT2D eigenvalue weighted by atomic mass is 19.1. The van der Waals surface area contributed by atoms with Crippen LogP contribution in [0.15, 0.2) is 48.5 Å². The normalized spacial score (nSPS) is 16.1. The molecule has 4 nitrogen and oxygen atoms in total. The number of fused-ring (bicyclic) bond motifs is 1. The van der Waals surface area contributed by atoms with E-state index in [1.165, 1.54) is 12.5 Å². The largest absolute Gasteiger partial charge is 0.383 e. The molecular formula is C31H42FN3O. The van der Waals surface area contributed by atoms with E-state index in [4.69, 9.17) is 15.5 Å². The third-order valence-corrected chi connectivity index (χ3v) is 7.59. The summed E-state index contributed by atoms with van der Waals surface area (Å²) in [5.74, 6) is 1.30. The van der Waals surface area contributed by atoms with Gasteiger partial charge in [0.05, 0.1) is 5.52 Å². The summed E-state index contributed by atoms with van der Waals surface area (Å²) in [5.41, 5.74) is 10.4. The Bertz CT molecular complexity index is 1150. The number of ether oxygens (including phenoxy) is 1. The van der Waals surface area contributed by atoms with E-state index in [0.29, 0.717) is 28.6 Å². The first-order valence-corrected chi connectivity index (χ1v) is 13.4. The number of anilines is 1. The number of nitrogens with zero attached hydrogens (tertiary/aromatic N) is 2. The molecule has 4 rings (SSSR count). The van der Waals surface area contributed by atoms with Crippen molar-refractivity contribution in [2.45, 2.75) is 58.8 Å². The zero-order chi connectivity index (χ0) is 25.7. The minimum absolute atomic E-state index is 0.212. The maximum atomic E-state index is 14.5. The molecule has 36 heavy (non-hydrogen) atoms. The number of hydrogen-bond acceptors (Lipinski definition) is 4. The number of rotatable bonds is 9. The summed E-state index contributed by atoms with van der Waals surface area (Å²) in [6.45, 7) is 10.7. The van der Waals surface area contributed by atoms with E-state index in [1.807, 2.05) is 30.3 Å². The van der Waals surface area contributed by atoms with Gasteiger partial charge in [0.15, 0.2) is 0 Å². The predicted molar refractivity (Wildman–Crippen MR) is 149 cm³/mol. The zero-order valence-corrected chi connectivity index (χ0v) is 22.4. The Morgan fingerprint density at radius 3 is 2.56 bits per heavy atom. The summed E-state index contributed by atoms with van der Waals surface area (Å²) in [7, 11) is 2.23. The van der Waals surface area contributed by atoms with Crippen LogP contribution in [-0.4, -0.2) is 43.2 Å². The molecule has 2 aromatic carbocycles. The lowest BCUT2D eigenvalue weighted by Gasteiger charge is -2.32. The van der Waals surface area contributed by atoms with Crippen LogP contribution in [0.1, 0.15) is 64.4 Å². The lowest BCUT2D eigenvalue weighted by molar-refractivity contribution is 0.0562. The average Bonchev–Trinajstić information content (AvgIpc) is 2.85. The lowest BCUT2D eigenvalue weighted by atomic mass is 9.78. The summed E-state index contributed by atoms with van der Waals surface area (Å²) in [6.07, 6.45) is 5.50. The van der Waals surface area contributed by atoms with E-state index < -0.39 is 0 Å². The molecule has 1 saturated heterocycles. The number of benzene rings is 2. The van der Waals surface area contributed by atoms with Crippen molar-refractivity contribution < 1.29 is 9.13 Å². The molecule has 5 heteroatoms. The molecule has 194 valence electrons. The SMILES string of the molecule is CN(CCCC(c1cc2cc(-c3ccccc3F)ccc2nc1N)C1CCOCC1)CCC(C)(C)C. The van der Waals surface area contributed by atoms with Crippen molar-refractivity contribution in [3.63, 3.8) is 0 Å². The maximum Gasteiger partial charge on any atom is 0.131 e. The fraction of sp³-hybridized carbons (Fsp3) is 0.516. The van der Waals surface area contributed by atoms with E-state index >= 15 is 0 Å². The number of hydrogen-bond donors (Lipinski definition) is 1. The van der Waals surface area contributed by atoms with Crippen LogP contribution in [0.4, 0.5) is 10.2 Å². The first-order valence-electron chi connectivity index (χ1n) is 13.4. The second kappa shape index (κ2) is 11.7. The van der Waals surface area contributed by atoms with Crippen LogP contribution in [0, 0.1) is 17.2 Å². The Hall–Kier alpha value is -2.50. The Balaban J connectivity index is 1.58. The van der Waals surface area contributed by atoms with Crippen LogP contribution >= 0.6 is 0 Å². The Kier molecular flexibility index (Phi) is 8.63. The molecule has 1 aliphatic heterocycles. The van der Waals surface area contributed by atoms with Crippen molar-refractivity contribution in [1.82, 2.24) is 9.88 Å². The predicted octanol–water partition coefficient (Wildman–Crippen LogP) is 7.28. The summed E-state index contributed by atoms with van der Waals surface area (Å²) in [6, 6.07) is 15.1.